The zero-order valence-corrected chi connectivity index (χ0v) is 12.3. The van der Waals surface area contributed by atoms with Crippen molar-refractivity contribution in [2.24, 2.45) is 0 Å². The van der Waals surface area contributed by atoms with E-state index >= 15 is 0 Å². The molecule has 1 fully saturated rings. The van der Waals surface area contributed by atoms with Crippen LogP contribution in [-0.2, 0) is 21.8 Å². The maximum Gasteiger partial charge on any atom is 0.462 e. The molecule has 116 valence electrons. The van der Waals surface area contributed by atoms with Gasteiger partial charge < -0.3 is 9.31 Å². The fourth-order valence-corrected chi connectivity index (χ4v) is 2.17. The molecule has 0 amide bonds. The molecule has 1 saturated heterocycles. The van der Waals surface area contributed by atoms with E-state index in [1.54, 1.807) is 0 Å². The third-order valence-corrected chi connectivity index (χ3v) is 3.99. The molecule has 0 aliphatic carbocycles. The lowest BCUT2D eigenvalue weighted by Crippen LogP contribution is -2.41. The largest absolute Gasteiger partial charge is 0.462 e. The summed E-state index contributed by atoms with van der Waals surface area (Å²) < 4.78 is 62.8. The van der Waals surface area contributed by atoms with Crippen molar-refractivity contribution in [2.45, 2.75) is 51.4 Å². The van der Waals surface area contributed by atoms with Crippen LogP contribution in [0.1, 0.15) is 38.8 Å². The second kappa shape index (κ2) is 4.99. The maximum atomic E-state index is 13.4. The van der Waals surface area contributed by atoms with Gasteiger partial charge >= 0.3 is 13.3 Å². The van der Waals surface area contributed by atoms with Gasteiger partial charge in [0.2, 0.25) is 0 Å². The molecule has 0 saturated carbocycles. The quantitative estimate of drug-likeness (QED) is 0.607. The fourth-order valence-electron chi connectivity index (χ4n) is 2.17. The molecule has 0 atom stereocenters. The lowest BCUT2D eigenvalue weighted by atomic mass is 9.80. The lowest BCUT2D eigenvalue weighted by Gasteiger charge is -2.32. The number of rotatable bonds is 2. The zero-order chi connectivity index (χ0) is 16.1. The van der Waals surface area contributed by atoms with Gasteiger partial charge in [0.05, 0.1) is 16.8 Å². The standard InChI is InChI=1S/C14H17BF4O2/c1-12(2)13(3,4)21-15(20-12)8-9-5-10(14(17,18)19)7-11(16)6-9/h5-7H,8H2,1-4H3. The number of alkyl halides is 3. The monoisotopic (exact) mass is 304 g/mol. The Morgan fingerprint density at radius 3 is 2.00 bits per heavy atom. The molecule has 1 aromatic rings. The molecule has 21 heavy (non-hydrogen) atoms. The van der Waals surface area contributed by atoms with Gasteiger partial charge in [-0.25, -0.2) is 4.39 Å². The van der Waals surface area contributed by atoms with Crippen LogP contribution in [0.4, 0.5) is 17.6 Å². The van der Waals surface area contributed by atoms with Crippen molar-refractivity contribution in [1.82, 2.24) is 0 Å². The van der Waals surface area contributed by atoms with Crippen molar-refractivity contribution in [2.75, 3.05) is 0 Å². The first-order chi connectivity index (χ1) is 9.41. The zero-order valence-electron chi connectivity index (χ0n) is 12.3. The van der Waals surface area contributed by atoms with E-state index in [2.05, 4.69) is 0 Å². The Hall–Kier alpha value is -1.08. The van der Waals surface area contributed by atoms with Crippen LogP contribution in [0.2, 0.25) is 0 Å². The summed E-state index contributed by atoms with van der Waals surface area (Å²) in [6, 6.07) is 2.47. The van der Waals surface area contributed by atoms with Crippen molar-refractivity contribution in [3.05, 3.63) is 35.1 Å². The summed E-state index contributed by atoms with van der Waals surface area (Å²) in [6.45, 7) is 7.39. The van der Waals surface area contributed by atoms with E-state index in [1.807, 2.05) is 27.7 Å². The molecule has 1 aromatic carbocycles. The van der Waals surface area contributed by atoms with Gasteiger partial charge in [0.15, 0.2) is 0 Å². The molecule has 0 spiro atoms. The first-order valence-electron chi connectivity index (χ1n) is 6.63. The number of hydrogen-bond acceptors (Lipinski definition) is 2. The second-order valence-corrected chi connectivity index (χ2v) is 6.24. The van der Waals surface area contributed by atoms with Crippen LogP contribution in [0, 0.1) is 5.82 Å². The van der Waals surface area contributed by atoms with Crippen LogP contribution in [0.5, 0.6) is 0 Å². The normalized spacial score (nSPS) is 20.9. The van der Waals surface area contributed by atoms with E-state index < -0.39 is 35.9 Å². The fraction of sp³-hybridized carbons (Fsp3) is 0.571. The van der Waals surface area contributed by atoms with Crippen molar-refractivity contribution < 1.29 is 26.9 Å². The average Bonchev–Trinajstić information content (AvgIpc) is 2.44. The van der Waals surface area contributed by atoms with Crippen molar-refractivity contribution in [3.63, 3.8) is 0 Å². The van der Waals surface area contributed by atoms with E-state index in [0.29, 0.717) is 6.07 Å². The maximum absolute atomic E-state index is 13.4. The second-order valence-electron chi connectivity index (χ2n) is 6.24. The number of benzene rings is 1. The van der Waals surface area contributed by atoms with Crippen LogP contribution in [-0.4, -0.2) is 18.3 Å². The molecule has 7 heteroatoms. The Balaban J connectivity index is 2.20. The molecule has 2 rings (SSSR count). The first-order valence-corrected chi connectivity index (χ1v) is 6.63. The smallest absolute Gasteiger partial charge is 0.403 e. The van der Waals surface area contributed by atoms with Gasteiger partial charge in [0.1, 0.15) is 5.82 Å². The summed E-state index contributed by atoms with van der Waals surface area (Å²) in [5.41, 5.74) is -1.95. The van der Waals surface area contributed by atoms with Crippen LogP contribution < -0.4 is 0 Å². The first kappa shape index (κ1) is 16.3. The highest BCUT2D eigenvalue weighted by atomic mass is 19.4. The summed E-state index contributed by atoms with van der Waals surface area (Å²) in [5.74, 6) is -0.920. The highest BCUT2D eigenvalue weighted by Gasteiger charge is 2.50. The minimum absolute atomic E-state index is 0.0632. The Morgan fingerprint density at radius 1 is 1.00 bits per heavy atom. The van der Waals surface area contributed by atoms with Crippen LogP contribution >= 0.6 is 0 Å². The van der Waals surface area contributed by atoms with E-state index in [4.69, 9.17) is 9.31 Å². The molecule has 0 bridgehead atoms. The predicted octanol–water partition coefficient (Wildman–Crippen LogP) is 4.02. The van der Waals surface area contributed by atoms with Crippen LogP contribution in [0.25, 0.3) is 0 Å². The molecule has 1 aliphatic heterocycles. The molecular formula is C14H17BF4O2. The third-order valence-electron chi connectivity index (χ3n) is 3.99. The van der Waals surface area contributed by atoms with Gasteiger partial charge in [-0.1, -0.05) is 0 Å². The SMILES string of the molecule is CC1(C)OB(Cc2cc(F)cc(C(F)(F)F)c2)OC1(C)C. The highest BCUT2D eigenvalue weighted by molar-refractivity contribution is 6.45. The third kappa shape index (κ3) is 3.40. The van der Waals surface area contributed by atoms with Gasteiger partial charge in [-0.3, -0.25) is 0 Å². The Labute approximate surface area is 121 Å². The average molecular weight is 304 g/mol. The van der Waals surface area contributed by atoms with Crippen molar-refractivity contribution in [3.8, 4) is 0 Å². The minimum Gasteiger partial charge on any atom is -0.403 e. The Morgan fingerprint density at radius 2 is 1.52 bits per heavy atom. The van der Waals surface area contributed by atoms with Crippen molar-refractivity contribution in [1.29, 1.82) is 0 Å². The molecule has 2 nitrogen and oxygen atoms in total. The summed E-state index contributed by atoms with van der Waals surface area (Å²) in [7, 11) is -0.696. The van der Waals surface area contributed by atoms with Crippen molar-refractivity contribution >= 4 is 7.12 Å². The molecule has 0 aromatic heterocycles. The molecule has 1 heterocycles. The summed E-state index contributed by atoms with van der Waals surface area (Å²) in [6.07, 6.45) is -4.51. The van der Waals surface area contributed by atoms with E-state index in [9.17, 15) is 17.6 Å². The summed E-state index contributed by atoms with van der Waals surface area (Å²) in [5, 5.41) is 0. The van der Waals surface area contributed by atoms with Gasteiger partial charge in [-0.05, 0) is 51.5 Å². The summed E-state index contributed by atoms with van der Waals surface area (Å²) >= 11 is 0. The van der Waals surface area contributed by atoms with E-state index in [0.717, 1.165) is 12.1 Å². The lowest BCUT2D eigenvalue weighted by molar-refractivity contribution is -0.137. The molecular weight excluding hydrogens is 287 g/mol. The highest BCUT2D eigenvalue weighted by Crippen LogP contribution is 2.38. The van der Waals surface area contributed by atoms with Crippen LogP contribution in [0.3, 0.4) is 0 Å². The van der Waals surface area contributed by atoms with Gasteiger partial charge in [0.25, 0.3) is 0 Å². The van der Waals surface area contributed by atoms with E-state index in [-0.39, 0.29) is 11.9 Å². The van der Waals surface area contributed by atoms with Gasteiger partial charge in [-0.2, -0.15) is 13.2 Å². The number of hydrogen-bond donors (Lipinski definition) is 0. The van der Waals surface area contributed by atoms with Gasteiger partial charge in [0, 0.05) is 6.32 Å². The van der Waals surface area contributed by atoms with Gasteiger partial charge in [-0.15, -0.1) is 0 Å². The van der Waals surface area contributed by atoms with Crippen LogP contribution in [0.15, 0.2) is 18.2 Å². The molecule has 1 aliphatic rings. The minimum atomic E-state index is -4.58. The molecule has 0 unspecified atom stereocenters. The Bertz CT molecular complexity index is 524. The number of halogens is 4. The Kier molecular flexibility index (Phi) is 3.87. The molecule has 0 N–H and O–H groups in total. The topological polar surface area (TPSA) is 18.5 Å². The molecule has 0 radical (unpaired) electrons. The predicted molar refractivity (Wildman–Crippen MR) is 71.2 cm³/mol. The van der Waals surface area contributed by atoms with E-state index in [1.165, 1.54) is 0 Å². The summed E-state index contributed by atoms with van der Waals surface area (Å²) in [4.78, 5) is 0.